The third-order valence-electron chi connectivity index (χ3n) is 2.95. The van der Waals surface area contributed by atoms with E-state index in [1.165, 1.54) is 0 Å². The fourth-order valence-electron chi connectivity index (χ4n) is 1.44. The predicted octanol–water partition coefficient (Wildman–Crippen LogP) is 2.17. The second-order valence-electron chi connectivity index (χ2n) is 5.75. The Bertz CT molecular complexity index is 484. The van der Waals surface area contributed by atoms with Gasteiger partial charge in [-0.05, 0) is 52.0 Å². The Morgan fingerprint density at radius 2 is 1.71 bits per heavy atom. The minimum atomic E-state index is -0.617. The van der Waals surface area contributed by atoms with Gasteiger partial charge in [-0.3, -0.25) is 9.59 Å². The number of nitrogens with one attached hydrogen (secondary N) is 2. The fourth-order valence-corrected chi connectivity index (χ4v) is 1.44. The number of anilines is 1. The second-order valence-corrected chi connectivity index (χ2v) is 5.75. The summed E-state index contributed by atoms with van der Waals surface area (Å²) in [4.78, 5) is 23.7. The number of carbonyl (C=O) groups is 2. The van der Waals surface area contributed by atoms with Crippen LogP contribution in [-0.2, 0) is 4.79 Å². The molecule has 2 amide bonds. The molecule has 118 valence electrons. The van der Waals surface area contributed by atoms with Crippen molar-refractivity contribution in [2.45, 2.75) is 33.7 Å². The molecule has 5 nitrogen and oxygen atoms in total. The molecule has 0 aromatic heterocycles. The van der Waals surface area contributed by atoms with E-state index >= 15 is 0 Å². The topological polar surface area (TPSA) is 84.2 Å². The summed E-state index contributed by atoms with van der Waals surface area (Å²) in [7, 11) is 0. The Labute approximate surface area is 132 Å². The van der Waals surface area contributed by atoms with E-state index in [4.69, 9.17) is 5.73 Å². The molecule has 0 unspecified atom stereocenters. The SMILES string of the molecule is CC(C)NC(=O)c1ccc(NC(=O)C(C)(C)CN)cc1.Cl. The van der Waals surface area contributed by atoms with Gasteiger partial charge in [0.1, 0.15) is 0 Å². The van der Waals surface area contributed by atoms with Gasteiger partial charge in [0.2, 0.25) is 5.91 Å². The van der Waals surface area contributed by atoms with Gasteiger partial charge in [0, 0.05) is 23.8 Å². The van der Waals surface area contributed by atoms with Crippen LogP contribution in [0.15, 0.2) is 24.3 Å². The van der Waals surface area contributed by atoms with Crippen molar-refractivity contribution in [3.8, 4) is 0 Å². The molecule has 0 saturated carbocycles. The largest absolute Gasteiger partial charge is 0.350 e. The van der Waals surface area contributed by atoms with Crippen molar-refractivity contribution in [2.24, 2.45) is 11.1 Å². The van der Waals surface area contributed by atoms with E-state index in [9.17, 15) is 9.59 Å². The third kappa shape index (κ3) is 5.73. The van der Waals surface area contributed by atoms with Crippen molar-refractivity contribution in [3.05, 3.63) is 29.8 Å². The highest BCUT2D eigenvalue weighted by atomic mass is 35.5. The first-order valence-electron chi connectivity index (χ1n) is 6.68. The summed E-state index contributed by atoms with van der Waals surface area (Å²) in [6, 6.07) is 6.87. The van der Waals surface area contributed by atoms with Gasteiger partial charge in [-0.25, -0.2) is 0 Å². The number of carbonyl (C=O) groups excluding carboxylic acids is 2. The lowest BCUT2D eigenvalue weighted by Crippen LogP contribution is -2.37. The fraction of sp³-hybridized carbons (Fsp3) is 0.467. The van der Waals surface area contributed by atoms with E-state index in [2.05, 4.69) is 10.6 Å². The average molecular weight is 314 g/mol. The van der Waals surface area contributed by atoms with Crippen LogP contribution in [0.2, 0.25) is 0 Å². The van der Waals surface area contributed by atoms with Crippen LogP contribution in [0.25, 0.3) is 0 Å². The quantitative estimate of drug-likeness (QED) is 0.779. The summed E-state index contributed by atoms with van der Waals surface area (Å²) in [5.74, 6) is -0.264. The van der Waals surface area contributed by atoms with E-state index in [1.54, 1.807) is 38.1 Å². The molecule has 1 aromatic rings. The van der Waals surface area contributed by atoms with Crippen LogP contribution < -0.4 is 16.4 Å². The second kappa shape index (κ2) is 8.00. The predicted molar refractivity (Wildman–Crippen MR) is 87.8 cm³/mol. The number of rotatable bonds is 5. The number of nitrogens with two attached hydrogens (primary N) is 1. The van der Waals surface area contributed by atoms with Crippen molar-refractivity contribution in [1.82, 2.24) is 5.32 Å². The van der Waals surface area contributed by atoms with Crippen LogP contribution in [0, 0.1) is 5.41 Å². The highest BCUT2D eigenvalue weighted by Gasteiger charge is 2.25. The molecule has 0 bridgehead atoms. The van der Waals surface area contributed by atoms with Crippen LogP contribution in [0.1, 0.15) is 38.1 Å². The summed E-state index contributed by atoms with van der Waals surface area (Å²) in [6.45, 7) is 7.65. The standard InChI is InChI=1S/C15H23N3O2.ClH/c1-10(2)17-13(19)11-5-7-12(8-6-11)18-14(20)15(3,4)9-16;/h5-8,10H,9,16H2,1-4H3,(H,17,19)(H,18,20);1H. The lowest BCUT2D eigenvalue weighted by Gasteiger charge is -2.21. The molecule has 0 heterocycles. The van der Waals surface area contributed by atoms with Gasteiger partial charge < -0.3 is 16.4 Å². The Balaban J connectivity index is 0.00000400. The number of halogens is 1. The van der Waals surface area contributed by atoms with E-state index < -0.39 is 5.41 Å². The van der Waals surface area contributed by atoms with Crippen LogP contribution in [0.5, 0.6) is 0 Å². The molecule has 21 heavy (non-hydrogen) atoms. The van der Waals surface area contributed by atoms with E-state index in [0.29, 0.717) is 11.3 Å². The Morgan fingerprint density at radius 1 is 1.19 bits per heavy atom. The number of hydrogen-bond acceptors (Lipinski definition) is 3. The highest BCUT2D eigenvalue weighted by Crippen LogP contribution is 2.17. The lowest BCUT2D eigenvalue weighted by atomic mass is 9.92. The van der Waals surface area contributed by atoms with Gasteiger partial charge in [0.05, 0.1) is 5.41 Å². The van der Waals surface area contributed by atoms with Gasteiger partial charge in [-0.15, -0.1) is 12.4 Å². The zero-order valence-corrected chi connectivity index (χ0v) is 13.7. The maximum absolute atomic E-state index is 12.0. The molecule has 0 aliphatic carbocycles. The molecule has 0 atom stereocenters. The molecule has 0 aliphatic rings. The summed E-state index contributed by atoms with van der Waals surface area (Å²) < 4.78 is 0. The Morgan fingerprint density at radius 3 is 2.14 bits per heavy atom. The van der Waals surface area contributed by atoms with E-state index in [-0.39, 0.29) is 36.8 Å². The zero-order chi connectivity index (χ0) is 15.3. The molecule has 0 radical (unpaired) electrons. The lowest BCUT2D eigenvalue weighted by molar-refractivity contribution is -0.123. The first kappa shape index (κ1) is 19.4. The first-order valence-corrected chi connectivity index (χ1v) is 6.68. The molecule has 1 aromatic carbocycles. The van der Waals surface area contributed by atoms with Crippen LogP contribution in [0.3, 0.4) is 0 Å². The summed E-state index contributed by atoms with van der Waals surface area (Å²) in [5.41, 5.74) is 6.16. The van der Waals surface area contributed by atoms with Crippen LogP contribution in [0.4, 0.5) is 5.69 Å². The van der Waals surface area contributed by atoms with Crippen LogP contribution >= 0.6 is 12.4 Å². The van der Waals surface area contributed by atoms with Gasteiger partial charge in [0.15, 0.2) is 0 Å². The molecular weight excluding hydrogens is 290 g/mol. The minimum Gasteiger partial charge on any atom is -0.350 e. The van der Waals surface area contributed by atoms with Crippen LogP contribution in [-0.4, -0.2) is 24.4 Å². The number of hydrogen-bond donors (Lipinski definition) is 3. The summed E-state index contributed by atoms with van der Waals surface area (Å²) in [5, 5.41) is 5.60. The van der Waals surface area contributed by atoms with E-state index in [1.807, 2.05) is 13.8 Å². The maximum atomic E-state index is 12.0. The van der Waals surface area contributed by atoms with Gasteiger partial charge >= 0.3 is 0 Å². The molecule has 1 rings (SSSR count). The van der Waals surface area contributed by atoms with Crippen molar-refractivity contribution in [1.29, 1.82) is 0 Å². The minimum absolute atomic E-state index is 0. The molecule has 0 spiro atoms. The monoisotopic (exact) mass is 313 g/mol. The van der Waals surface area contributed by atoms with Gasteiger partial charge in [-0.1, -0.05) is 0 Å². The maximum Gasteiger partial charge on any atom is 0.251 e. The average Bonchev–Trinajstić information content (AvgIpc) is 2.38. The zero-order valence-electron chi connectivity index (χ0n) is 12.9. The Kier molecular flexibility index (Phi) is 7.39. The summed E-state index contributed by atoms with van der Waals surface area (Å²) >= 11 is 0. The number of benzene rings is 1. The molecular formula is C15H24ClN3O2. The highest BCUT2D eigenvalue weighted by molar-refractivity contribution is 5.97. The van der Waals surface area contributed by atoms with Crippen molar-refractivity contribution in [2.75, 3.05) is 11.9 Å². The Hall–Kier alpha value is -1.59. The normalized spacial score (nSPS) is 10.8. The molecule has 4 N–H and O–H groups in total. The van der Waals surface area contributed by atoms with Gasteiger partial charge in [0.25, 0.3) is 5.91 Å². The molecule has 6 heteroatoms. The molecule has 0 saturated heterocycles. The van der Waals surface area contributed by atoms with Crippen molar-refractivity contribution in [3.63, 3.8) is 0 Å². The third-order valence-corrected chi connectivity index (χ3v) is 2.95. The summed E-state index contributed by atoms with van der Waals surface area (Å²) in [6.07, 6.45) is 0. The van der Waals surface area contributed by atoms with E-state index in [0.717, 1.165) is 0 Å². The smallest absolute Gasteiger partial charge is 0.251 e. The number of amides is 2. The molecule has 0 aliphatic heterocycles. The van der Waals surface area contributed by atoms with Crippen molar-refractivity contribution >= 4 is 29.9 Å². The first-order chi connectivity index (χ1) is 9.26. The van der Waals surface area contributed by atoms with Crippen molar-refractivity contribution < 1.29 is 9.59 Å². The molecule has 0 fully saturated rings. The van der Waals surface area contributed by atoms with Gasteiger partial charge in [-0.2, -0.15) is 0 Å².